The maximum absolute atomic E-state index is 11.4. The van der Waals surface area contributed by atoms with Gasteiger partial charge in [-0.15, -0.1) is 0 Å². The summed E-state index contributed by atoms with van der Waals surface area (Å²) in [7, 11) is 0. The minimum atomic E-state index is -0.271. The fourth-order valence-electron chi connectivity index (χ4n) is 3.75. The molecule has 2 aliphatic rings. The molecular weight excluding hydrogens is 228 g/mol. The van der Waals surface area contributed by atoms with E-state index >= 15 is 0 Å². The van der Waals surface area contributed by atoms with Crippen molar-refractivity contribution in [1.29, 1.82) is 0 Å². The van der Waals surface area contributed by atoms with Crippen molar-refractivity contribution in [1.82, 2.24) is 9.97 Å². The predicted octanol–water partition coefficient (Wildman–Crippen LogP) is 1.59. The Morgan fingerprint density at radius 1 is 1.50 bits per heavy atom. The van der Waals surface area contributed by atoms with Crippen LogP contribution in [-0.4, -0.2) is 16.0 Å². The van der Waals surface area contributed by atoms with Gasteiger partial charge in [-0.2, -0.15) is 0 Å². The molecule has 4 atom stereocenters. The number of rotatable bonds is 3. The number of nitrogen functional groups attached to an aromatic ring is 1. The van der Waals surface area contributed by atoms with Crippen LogP contribution in [0.25, 0.3) is 0 Å². The van der Waals surface area contributed by atoms with Crippen LogP contribution < -0.4 is 16.6 Å². The van der Waals surface area contributed by atoms with Crippen LogP contribution in [0.1, 0.15) is 32.6 Å². The Morgan fingerprint density at radius 2 is 2.33 bits per heavy atom. The second-order valence-corrected chi connectivity index (χ2v) is 5.77. The molecule has 2 bridgehead atoms. The van der Waals surface area contributed by atoms with E-state index in [2.05, 4.69) is 22.2 Å². The molecule has 4 unspecified atom stereocenters. The Kier molecular flexibility index (Phi) is 2.76. The van der Waals surface area contributed by atoms with Crippen LogP contribution in [0.4, 0.5) is 11.5 Å². The molecule has 1 aromatic heterocycles. The van der Waals surface area contributed by atoms with Gasteiger partial charge in [0.1, 0.15) is 5.69 Å². The molecule has 0 amide bonds. The van der Waals surface area contributed by atoms with Crippen molar-refractivity contribution >= 4 is 11.5 Å². The lowest BCUT2D eigenvalue weighted by Crippen LogP contribution is -2.31. The van der Waals surface area contributed by atoms with Crippen molar-refractivity contribution in [2.45, 2.75) is 38.6 Å². The fraction of sp³-hybridized carbons (Fsp3) is 0.692. The Bertz CT molecular complexity index is 498. The van der Waals surface area contributed by atoms with Crippen LogP contribution in [0.2, 0.25) is 0 Å². The van der Waals surface area contributed by atoms with Gasteiger partial charge in [0.05, 0.1) is 6.33 Å². The normalized spacial score (nSPS) is 31.5. The van der Waals surface area contributed by atoms with Crippen LogP contribution in [-0.2, 0) is 0 Å². The third-order valence-electron chi connectivity index (χ3n) is 4.69. The predicted molar refractivity (Wildman–Crippen MR) is 71.3 cm³/mol. The Morgan fingerprint density at radius 3 is 3.00 bits per heavy atom. The van der Waals surface area contributed by atoms with Crippen LogP contribution >= 0.6 is 0 Å². The summed E-state index contributed by atoms with van der Waals surface area (Å²) in [5.74, 6) is 2.99. The average Bonchev–Trinajstić information content (AvgIpc) is 2.97. The lowest BCUT2D eigenvalue weighted by atomic mass is 9.84. The SMILES string of the molecule is CC(Nc1nc[nH]c(=O)c1N)C1CC2CCC1C2. The molecule has 1 aromatic rings. The zero-order valence-corrected chi connectivity index (χ0v) is 10.6. The molecule has 18 heavy (non-hydrogen) atoms. The molecule has 2 saturated carbocycles. The summed E-state index contributed by atoms with van der Waals surface area (Å²) in [6.45, 7) is 2.17. The number of aromatic amines is 1. The maximum atomic E-state index is 11.4. The first kappa shape index (κ1) is 11.6. The van der Waals surface area contributed by atoms with Gasteiger partial charge in [0.25, 0.3) is 5.56 Å². The summed E-state index contributed by atoms with van der Waals surface area (Å²) in [6, 6.07) is 0.330. The number of nitrogens with zero attached hydrogens (tertiary/aromatic N) is 1. The summed E-state index contributed by atoms with van der Waals surface area (Å²) in [4.78, 5) is 18.0. The van der Waals surface area contributed by atoms with E-state index in [1.54, 1.807) is 0 Å². The summed E-state index contributed by atoms with van der Waals surface area (Å²) < 4.78 is 0. The van der Waals surface area contributed by atoms with Crippen molar-refractivity contribution in [3.8, 4) is 0 Å². The van der Waals surface area contributed by atoms with Crippen molar-refractivity contribution < 1.29 is 0 Å². The lowest BCUT2D eigenvalue weighted by Gasteiger charge is -2.29. The topological polar surface area (TPSA) is 83.8 Å². The fourth-order valence-corrected chi connectivity index (χ4v) is 3.75. The number of aromatic nitrogens is 2. The number of nitrogens with two attached hydrogens (primary N) is 1. The van der Waals surface area contributed by atoms with Gasteiger partial charge in [0.15, 0.2) is 5.82 Å². The van der Waals surface area contributed by atoms with Crippen LogP contribution in [0.15, 0.2) is 11.1 Å². The first-order valence-electron chi connectivity index (χ1n) is 6.75. The first-order valence-corrected chi connectivity index (χ1v) is 6.75. The van der Waals surface area contributed by atoms with Crippen molar-refractivity contribution in [3.05, 3.63) is 16.7 Å². The molecule has 98 valence electrons. The largest absolute Gasteiger partial charge is 0.391 e. The van der Waals surface area contributed by atoms with Gasteiger partial charge in [0, 0.05) is 6.04 Å². The third kappa shape index (κ3) is 1.87. The van der Waals surface area contributed by atoms with Gasteiger partial charge in [-0.1, -0.05) is 6.42 Å². The zero-order valence-electron chi connectivity index (χ0n) is 10.6. The summed E-state index contributed by atoms with van der Waals surface area (Å²) in [5.41, 5.74) is 5.65. The first-order chi connectivity index (χ1) is 8.65. The molecule has 5 heteroatoms. The van der Waals surface area contributed by atoms with Crippen molar-refractivity contribution in [2.24, 2.45) is 17.8 Å². The second kappa shape index (κ2) is 4.30. The highest BCUT2D eigenvalue weighted by atomic mass is 16.1. The lowest BCUT2D eigenvalue weighted by molar-refractivity contribution is 0.304. The van der Waals surface area contributed by atoms with E-state index in [0.717, 1.165) is 11.8 Å². The highest BCUT2D eigenvalue weighted by Crippen LogP contribution is 2.49. The van der Waals surface area contributed by atoms with E-state index in [4.69, 9.17) is 5.73 Å². The minimum Gasteiger partial charge on any atom is -0.391 e. The standard InChI is InChI=1S/C13H20N4O/c1-7(10-5-8-2-3-9(10)4-8)17-12-11(14)13(18)16-6-15-12/h6-10H,2-5,14H2,1H3,(H2,15,16,17,18). The Hall–Kier alpha value is -1.52. The Labute approximate surface area is 106 Å². The molecule has 0 aliphatic heterocycles. The van der Waals surface area contributed by atoms with Gasteiger partial charge in [-0.25, -0.2) is 4.98 Å². The number of hydrogen-bond acceptors (Lipinski definition) is 4. The monoisotopic (exact) mass is 248 g/mol. The zero-order chi connectivity index (χ0) is 12.7. The molecule has 0 saturated heterocycles. The van der Waals surface area contributed by atoms with E-state index in [0.29, 0.717) is 17.8 Å². The Balaban J connectivity index is 1.73. The van der Waals surface area contributed by atoms with Gasteiger partial charge >= 0.3 is 0 Å². The molecule has 2 fully saturated rings. The second-order valence-electron chi connectivity index (χ2n) is 5.77. The highest BCUT2D eigenvalue weighted by Gasteiger charge is 2.41. The molecule has 1 heterocycles. The molecule has 3 rings (SSSR count). The summed E-state index contributed by atoms with van der Waals surface area (Å²) in [6.07, 6.45) is 6.85. The van der Waals surface area contributed by atoms with E-state index in [1.165, 1.54) is 32.0 Å². The van der Waals surface area contributed by atoms with Crippen LogP contribution in [0, 0.1) is 17.8 Å². The summed E-state index contributed by atoms with van der Waals surface area (Å²) in [5, 5.41) is 3.32. The van der Waals surface area contributed by atoms with Crippen molar-refractivity contribution in [3.63, 3.8) is 0 Å². The highest BCUT2D eigenvalue weighted by molar-refractivity contribution is 5.59. The molecule has 0 spiro atoms. The molecule has 2 aliphatic carbocycles. The smallest absolute Gasteiger partial charge is 0.276 e. The van der Waals surface area contributed by atoms with Gasteiger partial charge in [-0.05, 0) is 43.9 Å². The van der Waals surface area contributed by atoms with Gasteiger partial charge in [-0.3, -0.25) is 4.79 Å². The molecular formula is C13H20N4O. The minimum absolute atomic E-state index is 0.188. The number of anilines is 2. The van der Waals surface area contributed by atoms with E-state index in [-0.39, 0.29) is 11.2 Å². The number of fused-ring (bicyclic) bond motifs is 2. The molecule has 5 nitrogen and oxygen atoms in total. The number of H-pyrrole nitrogens is 1. The van der Waals surface area contributed by atoms with Crippen LogP contribution in [0.5, 0.6) is 0 Å². The van der Waals surface area contributed by atoms with E-state index in [1.807, 2.05) is 0 Å². The maximum Gasteiger partial charge on any atom is 0.276 e. The molecule has 0 radical (unpaired) electrons. The van der Waals surface area contributed by atoms with Gasteiger partial charge < -0.3 is 16.0 Å². The van der Waals surface area contributed by atoms with E-state index < -0.39 is 0 Å². The third-order valence-corrected chi connectivity index (χ3v) is 4.69. The number of nitrogens with one attached hydrogen (secondary N) is 2. The number of hydrogen-bond donors (Lipinski definition) is 3. The molecule has 0 aromatic carbocycles. The average molecular weight is 248 g/mol. The summed E-state index contributed by atoms with van der Waals surface area (Å²) >= 11 is 0. The van der Waals surface area contributed by atoms with Crippen LogP contribution in [0.3, 0.4) is 0 Å². The quantitative estimate of drug-likeness (QED) is 0.758. The molecule has 4 N–H and O–H groups in total. The van der Waals surface area contributed by atoms with E-state index in [9.17, 15) is 4.79 Å². The van der Waals surface area contributed by atoms with Gasteiger partial charge in [0.2, 0.25) is 0 Å². The van der Waals surface area contributed by atoms with Crippen molar-refractivity contribution in [2.75, 3.05) is 11.1 Å².